The Morgan fingerprint density at radius 3 is 2.58 bits per heavy atom. The zero-order valence-corrected chi connectivity index (χ0v) is 7.36. The monoisotopic (exact) mass is 175 g/mol. The Bertz CT molecular complexity index is 138. The normalized spacial score (nSPS) is 15.6. The molecule has 0 bridgehead atoms. The van der Waals surface area contributed by atoms with E-state index >= 15 is 0 Å². The number of rotatable bonds is 6. The first-order chi connectivity index (χ1) is 5.56. The number of aliphatic carboxylic acids is 1. The molecule has 0 fully saturated rings. The lowest BCUT2D eigenvalue weighted by atomic mass is 10.0. The minimum atomic E-state index is -0.980. The van der Waals surface area contributed by atoms with Crippen LogP contribution in [0.2, 0.25) is 0 Å². The van der Waals surface area contributed by atoms with Crippen LogP contribution in [-0.2, 0) is 4.79 Å². The molecule has 0 aliphatic heterocycles. The third-order valence-electron chi connectivity index (χ3n) is 1.64. The Balaban J connectivity index is 3.53. The van der Waals surface area contributed by atoms with Crippen molar-refractivity contribution in [3.63, 3.8) is 0 Å². The van der Waals surface area contributed by atoms with Gasteiger partial charge in [0.25, 0.3) is 0 Å². The van der Waals surface area contributed by atoms with Gasteiger partial charge in [-0.3, -0.25) is 4.79 Å². The summed E-state index contributed by atoms with van der Waals surface area (Å²) in [6.07, 6.45) is 1.15. The average molecular weight is 175 g/mol. The summed E-state index contributed by atoms with van der Waals surface area (Å²) in [5.74, 6) is -0.980. The van der Waals surface area contributed by atoms with E-state index in [0.29, 0.717) is 6.42 Å². The van der Waals surface area contributed by atoms with Crippen molar-refractivity contribution in [2.75, 3.05) is 0 Å². The third kappa shape index (κ3) is 6.12. The number of nitrogens with two attached hydrogens (primary N) is 1. The van der Waals surface area contributed by atoms with Crippen LogP contribution in [0.15, 0.2) is 0 Å². The van der Waals surface area contributed by atoms with E-state index in [2.05, 4.69) is 0 Å². The van der Waals surface area contributed by atoms with E-state index in [-0.39, 0.29) is 12.5 Å². The van der Waals surface area contributed by atoms with Crippen LogP contribution in [0.25, 0.3) is 0 Å². The highest BCUT2D eigenvalue weighted by Crippen LogP contribution is 2.05. The minimum Gasteiger partial charge on any atom is -0.481 e. The summed E-state index contributed by atoms with van der Waals surface area (Å²) in [6.45, 7) is 2.00. The van der Waals surface area contributed by atoms with Crippen LogP contribution in [-0.4, -0.2) is 28.3 Å². The molecule has 0 aromatic carbocycles. The van der Waals surface area contributed by atoms with Gasteiger partial charge in [0.1, 0.15) is 0 Å². The number of carboxylic acids is 1. The van der Waals surface area contributed by atoms with E-state index in [1.807, 2.05) is 6.92 Å². The number of carboxylic acid groups (broad SMARTS) is 1. The summed E-state index contributed by atoms with van der Waals surface area (Å²) in [7, 11) is 0. The number of carbonyl (C=O) groups is 1. The zero-order chi connectivity index (χ0) is 9.56. The van der Waals surface area contributed by atoms with Gasteiger partial charge in [-0.15, -0.1) is 0 Å². The fraction of sp³-hybridized carbons (Fsp3) is 0.875. The number of hydrogen-bond acceptors (Lipinski definition) is 3. The lowest BCUT2D eigenvalue weighted by Crippen LogP contribution is -2.27. The number of aliphatic hydroxyl groups is 1. The van der Waals surface area contributed by atoms with Crippen molar-refractivity contribution in [2.24, 2.45) is 5.73 Å². The topological polar surface area (TPSA) is 83.5 Å². The Morgan fingerprint density at radius 1 is 1.58 bits per heavy atom. The smallest absolute Gasteiger partial charge is 0.305 e. The second-order valence-corrected chi connectivity index (χ2v) is 3.04. The second kappa shape index (κ2) is 5.97. The molecule has 0 radical (unpaired) electrons. The summed E-state index contributed by atoms with van der Waals surface area (Å²) in [4.78, 5) is 10.1. The van der Waals surface area contributed by atoms with Gasteiger partial charge in [-0.25, -0.2) is 0 Å². The molecule has 0 saturated heterocycles. The van der Waals surface area contributed by atoms with Gasteiger partial charge in [0, 0.05) is 6.04 Å². The molecule has 12 heavy (non-hydrogen) atoms. The minimum absolute atomic E-state index is 0.0793. The summed E-state index contributed by atoms with van der Waals surface area (Å²) < 4.78 is 0. The van der Waals surface area contributed by atoms with Crippen LogP contribution in [0, 0.1) is 0 Å². The van der Waals surface area contributed by atoms with Gasteiger partial charge in [0.05, 0.1) is 12.5 Å². The molecule has 4 heteroatoms. The van der Waals surface area contributed by atoms with E-state index in [0.717, 1.165) is 12.8 Å². The molecule has 0 heterocycles. The SMILES string of the molecule is CCCC(N)CC(O)CC(=O)O. The molecule has 0 aliphatic carbocycles. The third-order valence-corrected chi connectivity index (χ3v) is 1.64. The molecule has 2 unspecified atom stereocenters. The van der Waals surface area contributed by atoms with E-state index in [4.69, 9.17) is 15.9 Å². The maximum atomic E-state index is 10.1. The highest BCUT2D eigenvalue weighted by Gasteiger charge is 2.12. The van der Waals surface area contributed by atoms with Crippen LogP contribution in [0.1, 0.15) is 32.6 Å². The van der Waals surface area contributed by atoms with Gasteiger partial charge in [-0.1, -0.05) is 13.3 Å². The number of aliphatic hydroxyl groups excluding tert-OH is 1. The van der Waals surface area contributed by atoms with Crippen molar-refractivity contribution >= 4 is 5.97 Å². The molecule has 0 aliphatic rings. The second-order valence-electron chi connectivity index (χ2n) is 3.04. The van der Waals surface area contributed by atoms with Gasteiger partial charge in [-0.2, -0.15) is 0 Å². The molecule has 0 aromatic heterocycles. The van der Waals surface area contributed by atoms with Crippen molar-refractivity contribution in [1.29, 1.82) is 0 Å². The van der Waals surface area contributed by atoms with Crippen LogP contribution >= 0.6 is 0 Å². The molecule has 0 aromatic rings. The molecule has 0 saturated carbocycles. The highest BCUT2D eigenvalue weighted by molar-refractivity contribution is 5.67. The van der Waals surface area contributed by atoms with Crippen LogP contribution in [0.5, 0.6) is 0 Å². The molecule has 2 atom stereocenters. The summed E-state index contributed by atoms with van der Waals surface area (Å²) in [6, 6.07) is -0.0793. The van der Waals surface area contributed by atoms with Gasteiger partial charge in [0.15, 0.2) is 0 Å². The van der Waals surface area contributed by atoms with Crippen LogP contribution in [0.4, 0.5) is 0 Å². The van der Waals surface area contributed by atoms with E-state index in [9.17, 15) is 4.79 Å². The fourth-order valence-electron chi connectivity index (χ4n) is 1.12. The summed E-state index contributed by atoms with van der Waals surface area (Å²) in [5.41, 5.74) is 5.61. The van der Waals surface area contributed by atoms with Gasteiger partial charge >= 0.3 is 5.97 Å². The Morgan fingerprint density at radius 2 is 2.17 bits per heavy atom. The van der Waals surface area contributed by atoms with Crippen molar-refractivity contribution in [2.45, 2.75) is 44.8 Å². The molecular formula is C8H17NO3. The van der Waals surface area contributed by atoms with Crippen molar-refractivity contribution < 1.29 is 15.0 Å². The fourth-order valence-corrected chi connectivity index (χ4v) is 1.12. The predicted octanol–water partition coefficient (Wildman–Crippen LogP) is 0.340. The maximum absolute atomic E-state index is 10.1. The Labute approximate surface area is 72.4 Å². The predicted molar refractivity (Wildman–Crippen MR) is 45.8 cm³/mol. The first-order valence-corrected chi connectivity index (χ1v) is 4.21. The molecule has 4 nitrogen and oxygen atoms in total. The van der Waals surface area contributed by atoms with E-state index < -0.39 is 12.1 Å². The van der Waals surface area contributed by atoms with Crippen molar-refractivity contribution in [1.82, 2.24) is 0 Å². The first kappa shape index (κ1) is 11.4. The molecule has 0 amide bonds. The van der Waals surface area contributed by atoms with Gasteiger partial charge < -0.3 is 15.9 Å². The van der Waals surface area contributed by atoms with Crippen LogP contribution < -0.4 is 5.73 Å². The van der Waals surface area contributed by atoms with Gasteiger partial charge in [-0.05, 0) is 12.8 Å². The molecule has 0 rings (SSSR count). The molecular weight excluding hydrogens is 158 g/mol. The van der Waals surface area contributed by atoms with E-state index in [1.165, 1.54) is 0 Å². The maximum Gasteiger partial charge on any atom is 0.305 e. The number of hydrogen-bond donors (Lipinski definition) is 3. The standard InChI is InChI=1S/C8H17NO3/c1-2-3-6(9)4-7(10)5-8(11)12/h6-7,10H,2-5,9H2,1H3,(H,11,12). The molecule has 0 spiro atoms. The van der Waals surface area contributed by atoms with E-state index in [1.54, 1.807) is 0 Å². The molecule has 72 valence electrons. The van der Waals surface area contributed by atoms with Crippen molar-refractivity contribution in [3.05, 3.63) is 0 Å². The summed E-state index contributed by atoms with van der Waals surface area (Å²) in [5, 5.41) is 17.5. The van der Waals surface area contributed by atoms with Crippen LogP contribution in [0.3, 0.4) is 0 Å². The Hall–Kier alpha value is -0.610. The summed E-state index contributed by atoms with van der Waals surface area (Å²) >= 11 is 0. The Kier molecular flexibility index (Phi) is 5.66. The lowest BCUT2D eigenvalue weighted by Gasteiger charge is -2.13. The molecule has 4 N–H and O–H groups in total. The quantitative estimate of drug-likeness (QED) is 0.543. The largest absolute Gasteiger partial charge is 0.481 e. The average Bonchev–Trinajstić information content (AvgIpc) is 1.84. The highest BCUT2D eigenvalue weighted by atomic mass is 16.4. The van der Waals surface area contributed by atoms with Gasteiger partial charge in [0.2, 0.25) is 0 Å². The lowest BCUT2D eigenvalue weighted by molar-refractivity contribution is -0.139. The van der Waals surface area contributed by atoms with Crippen molar-refractivity contribution in [3.8, 4) is 0 Å². The first-order valence-electron chi connectivity index (χ1n) is 4.21. The zero-order valence-electron chi connectivity index (χ0n) is 7.36.